The molecule has 0 aromatic heterocycles. The Morgan fingerprint density at radius 3 is 2.76 bits per heavy atom. The van der Waals surface area contributed by atoms with Crippen molar-refractivity contribution >= 4 is 11.9 Å². The number of carbonyl (C=O) groups excluding carboxylic acids is 1. The molecule has 1 aliphatic heterocycles. The molecule has 0 spiro atoms. The number of piperidine rings is 1. The lowest BCUT2D eigenvalue weighted by Gasteiger charge is -2.34. The molecule has 1 saturated heterocycles. The second kappa shape index (κ2) is 10.5. The van der Waals surface area contributed by atoms with E-state index in [9.17, 15) is 18.0 Å². The van der Waals surface area contributed by atoms with Crippen molar-refractivity contribution in [1.29, 1.82) is 0 Å². The fourth-order valence-electron chi connectivity index (χ4n) is 2.89. The van der Waals surface area contributed by atoms with Crippen LogP contribution in [0.25, 0.3) is 0 Å². The van der Waals surface area contributed by atoms with E-state index in [2.05, 4.69) is 10.3 Å². The molecule has 0 radical (unpaired) electrons. The van der Waals surface area contributed by atoms with E-state index in [1.807, 2.05) is 4.90 Å². The third-order valence-corrected chi connectivity index (χ3v) is 4.00. The first-order valence-electron chi connectivity index (χ1n) is 8.64. The zero-order chi connectivity index (χ0) is 18.9. The van der Waals surface area contributed by atoms with Crippen LogP contribution in [0.15, 0.2) is 4.99 Å². The van der Waals surface area contributed by atoms with Crippen LogP contribution >= 0.6 is 0 Å². The highest BCUT2D eigenvalue weighted by Gasteiger charge is 2.29. The number of halogens is 3. The van der Waals surface area contributed by atoms with E-state index in [4.69, 9.17) is 4.74 Å². The Morgan fingerprint density at radius 2 is 2.16 bits per heavy atom. The number of nitrogens with one attached hydrogen (secondary N) is 1. The predicted octanol–water partition coefficient (Wildman–Crippen LogP) is 1.72. The van der Waals surface area contributed by atoms with E-state index < -0.39 is 12.7 Å². The summed E-state index contributed by atoms with van der Waals surface area (Å²) in [5, 5.41) is 3.16. The van der Waals surface area contributed by atoms with Gasteiger partial charge in [-0.2, -0.15) is 13.2 Å². The van der Waals surface area contributed by atoms with Gasteiger partial charge in [0.1, 0.15) is 0 Å². The van der Waals surface area contributed by atoms with E-state index in [1.54, 1.807) is 14.0 Å². The van der Waals surface area contributed by atoms with E-state index in [0.717, 1.165) is 19.4 Å². The second-order valence-electron chi connectivity index (χ2n) is 6.22. The topological polar surface area (TPSA) is 57.2 Å². The maximum atomic E-state index is 12.3. The van der Waals surface area contributed by atoms with Crippen molar-refractivity contribution in [2.75, 3.05) is 53.4 Å². The standard InChI is InChI=1S/C16H29F3N4O2/c1-4-25-14(24)13-7-5-10-23(11-13)15(20-2)21-8-6-9-22(3)12-16(17,18)19/h13H,4-12H2,1-3H3,(H,20,21). The van der Waals surface area contributed by atoms with Gasteiger partial charge in [-0.1, -0.05) is 0 Å². The number of hydrogen-bond donors (Lipinski definition) is 1. The molecule has 1 heterocycles. The average Bonchev–Trinajstić information content (AvgIpc) is 2.53. The van der Waals surface area contributed by atoms with Gasteiger partial charge in [0.2, 0.25) is 0 Å². The molecular formula is C16H29F3N4O2. The van der Waals surface area contributed by atoms with Gasteiger partial charge in [0.05, 0.1) is 19.1 Å². The SMILES string of the molecule is CCOC(=O)C1CCCN(C(=NC)NCCCN(C)CC(F)(F)F)C1. The van der Waals surface area contributed by atoms with Crippen molar-refractivity contribution in [2.24, 2.45) is 10.9 Å². The van der Waals surface area contributed by atoms with Crippen molar-refractivity contribution in [3.05, 3.63) is 0 Å². The molecule has 146 valence electrons. The summed E-state index contributed by atoms with van der Waals surface area (Å²) in [5.41, 5.74) is 0. The summed E-state index contributed by atoms with van der Waals surface area (Å²) in [5.74, 6) is 0.328. The molecule has 0 saturated carbocycles. The predicted molar refractivity (Wildman–Crippen MR) is 90.5 cm³/mol. The fraction of sp³-hybridized carbons (Fsp3) is 0.875. The first-order valence-corrected chi connectivity index (χ1v) is 8.64. The Kier molecular flexibility index (Phi) is 9.02. The molecule has 1 N–H and O–H groups in total. The summed E-state index contributed by atoms with van der Waals surface area (Å²) in [7, 11) is 3.11. The van der Waals surface area contributed by atoms with Gasteiger partial charge in [-0.3, -0.25) is 14.7 Å². The summed E-state index contributed by atoms with van der Waals surface area (Å²) in [6.07, 6.45) is -1.93. The molecule has 1 unspecified atom stereocenters. The van der Waals surface area contributed by atoms with Crippen LogP contribution in [0.3, 0.4) is 0 Å². The summed E-state index contributed by atoms with van der Waals surface area (Å²) < 4.78 is 41.9. The molecule has 6 nitrogen and oxygen atoms in total. The maximum Gasteiger partial charge on any atom is 0.401 e. The number of esters is 1. The largest absolute Gasteiger partial charge is 0.466 e. The van der Waals surface area contributed by atoms with Crippen molar-refractivity contribution in [2.45, 2.75) is 32.4 Å². The minimum absolute atomic E-state index is 0.162. The van der Waals surface area contributed by atoms with Gasteiger partial charge in [0.15, 0.2) is 5.96 Å². The fourth-order valence-corrected chi connectivity index (χ4v) is 2.89. The molecule has 25 heavy (non-hydrogen) atoms. The Bertz CT molecular complexity index is 444. The van der Waals surface area contributed by atoms with Gasteiger partial charge in [-0.15, -0.1) is 0 Å². The smallest absolute Gasteiger partial charge is 0.401 e. The number of ether oxygens (including phenoxy) is 1. The molecule has 0 bridgehead atoms. The van der Waals surface area contributed by atoms with Crippen LogP contribution in [-0.4, -0.2) is 81.3 Å². The first kappa shape index (κ1) is 21.5. The Labute approximate surface area is 147 Å². The van der Waals surface area contributed by atoms with E-state index in [1.165, 1.54) is 11.9 Å². The highest BCUT2D eigenvalue weighted by atomic mass is 19.4. The van der Waals surface area contributed by atoms with Crippen molar-refractivity contribution in [1.82, 2.24) is 15.1 Å². The van der Waals surface area contributed by atoms with Crippen LogP contribution in [-0.2, 0) is 9.53 Å². The van der Waals surface area contributed by atoms with Crippen LogP contribution in [0.2, 0.25) is 0 Å². The number of aliphatic imine (C=N–C) groups is 1. The van der Waals surface area contributed by atoms with Crippen molar-refractivity contribution < 1.29 is 22.7 Å². The minimum atomic E-state index is -4.17. The van der Waals surface area contributed by atoms with Crippen molar-refractivity contribution in [3.63, 3.8) is 0 Å². The lowest BCUT2D eigenvalue weighted by molar-refractivity contribution is -0.149. The van der Waals surface area contributed by atoms with Gasteiger partial charge in [0.25, 0.3) is 0 Å². The van der Waals surface area contributed by atoms with Gasteiger partial charge in [-0.05, 0) is 39.8 Å². The number of carbonyl (C=O) groups is 1. The molecule has 0 amide bonds. The van der Waals surface area contributed by atoms with Gasteiger partial charge in [0, 0.05) is 26.7 Å². The minimum Gasteiger partial charge on any atom is -0.466 e. The third kappa shape index (κ3) is 8.42. The number of alkyl halides is 3. The van der Waals surface area contributed by atoms with Crippen LogP contribution in [0, 0.1) is 5.92 Å². The lowest BCUT2D eigenvalue weighted by atomic mass is 9.98. The number of guanidine groups is 1. The summed E-state index contributed by atoms with van der Waals surface area (Å²) in [6.45, 7) is 3.46. The molecule has 1 atom stereocenters. The van der Waals surface area contributed by atoms with Crippen LogP contribution < -0.4 is 5.32 Å². The van der Waals surface area contributed by atoms with Gasteiger partial charge < -0.3 is 15.0 Å². The highest BCUT2D eigenvalue weighted by Crippen LogP contribution is 2.18. The first-order chi connectivity index (χ1) is 11.8. The molecule has 0 aromatic carbocycles. The van der Waals surface area contributed by atoms with E-state index in [-0.39, 0.29) is 11.9 Å². The Balaban J connectivity index is 2.37. The zero-order valence-electron chi connectivity index (χ0n) is 15.2. The number of rotatable bonds is 7. The van der Waals surface area contributed by atoms with Crippen LogP contribution in [0.4, 0.5) is 13.2 Å². The normalized spacial score (nSPS) is 19.2. The Morgan fingerprint density at radius 1 is 1.44 bits per heavy atom. The number of likely N-dealkylation sites (tertiary alicyclic amines) is 1. The van der Waals surface area contributed by atoms with Gasteiger partial charge >= 0.3 is 12.1 Å². The number of hydrogen-bond acceptors (Lipinski definition) is 4. The highest BCUT2D eigenvalue weighted by molar-refractivity contribution is 5.81. The third-order valence-electron chi connectivity index (χ3n) is 4.00. The second-order valence-corrected chi connectivity index (χ2v) is 6.22. The molecule has 9 heteroatoms. The number of nitrogens with zero attached hydrogens (tertiary/aromatic N) is 3. The van der Waals surface area contributed by atoms with E-state index >= 15 is 0 Å². The van der Waals surface area contributed by atoms with Crippen LogP contribution in [0.1, 0.15) is 26.2 Å². The monoisotopic (exact) mass is 366 g/mol. The Hall–Kier alpha value is -1.51. The molecule has 1 aliphatic rings. The maximum absolute atomic E-state index is 12.3. The molecule has 0 aliphatic carbocycles. The zero-order valence-corrected chi connectivity index (χ0v) is 15.2. The molecular weight excluding hydrogens is 337 g/mol. The summed E-state index contributed by atoms with van der Waals surface area (Å²) in [4.78, 5) is 19.4. The lowest BCUT2D eigenvalue weighted by Crippen LogP contribution is -2.48. The van der Waals surface area contributed by atoms with Crippen LogP contribution in [0.5, 0.6) is 0 Å². The summed E-state index contributed by atoms with van der Waals surface area (Å²) in [6, 6.07) is 0. The molecule has 1 rings (SSSR count). The van der Waals surface area contributed by atoms with Gasteiger partial charge in [-0.25, -0.2) is 0 Å². The average molecular weight is 366 g/mol. The molecule has 1 fully saturated rings. The van der Waals surface area contributed by atoms with Crippen molar-refractivity contribution in [3.8, 4) is 0 Å². The van der Waals surface area contributed by atoms with E-state index in [0.29, 0.717) is 38.6 Å². The quantitative estimate of drug-likeness (QED) is 0.322. The summed E-state index contributed by atoms with van der Waals surface area (Å²) >= 11 is 0. The molecule has 0 aromatic rings.